The summed E-state index contributed by atoms with van der Waals surface area (Å²) in [6.45, 7) is 0. The lowest BCUT2D eigenvalue weighted by Crippen LogP contribution is -2.09. The fraction of sp³-hybridized carbons (Fsp3) is 0.750. The lowest BCUT2D eigenvalue weighted by molar-refractivity contribution is -0.137. The molecule has 0 aliphatic rings. The summed E-state index contributed by atoms with van der Waals surface area (Å²) in [5.41, 5.74) is -4.35. The summed E-state index contributed by atoms with van der Waals surface area (Å²) in [4.78, 5) is 10.1. The molecule has 0 atom stereocenters. The Kier molecular flexibility index (Phi) is 3.55. The molecule has 0 amide bonds. The largest absolute Gasteiger partial charge is 0.468 e. The molecule has 0 aromatic carbocycles. The van der Waals surface area contributed by atoms with Crippen LogP contribution in [0.3, 0.4) is 0 Å². The molecule has 0 saturated carbocycles. The van der Waals surface area contributed by atoms with E-state index < -0.39 is 29.0 Å². The van der Waals surface area contributed by atoms with Crippen LogP contribution in [0.15, 0.2) is 0 Å². The first kappa shape index (κ1) is 9.61. The van der Waals surface area contributed by atoms with Gasteiger partial charge in [-0.3, -0.25) is 4.79 Å². The van der Waals surface area contributed by atoms with Crippen molar-refractivity contribution in [3.8, 4) is 0 Å². The van der Waals surface area contributed by atoms with Gasteiger partial charge in [-0.25, -0.2) is 0 Å². The van der Waals surface area contributed by atoms with E-state index >= 15 is 0 Å². The number of carbonyl (C=O) groups excluding carboxylic acids is 1. The van der Waals surface area contributed by atoms with E-state index in [1.165, 1.54) is 0 Å². The van der Waals surface area contributed by atoms with Crippen LogP contribution in [-0.2, 0) is 9.53 Å². The molecule has 0 rings (SSSR count). The Balaban J connectivity index is 3.46. The van der Waals surface area contributed by atoms with Gasteiger partial charge in [-0.2, -0.15) is 13.2 Å². The minimum atomic E-state index is -4.35. The summed E-state index contributed by atoms with van der Waals surface area (Å²) in [7, 11) is 1.04. The molecule has 2 nitrogen and oxygen atoms in total. The highest BCUT2D eigenvalue weighted by Crippen LogP contribution is 2.29. The Morgan fingerprint density at radius 2 is 2.10 bits per heavy atom. The monoisotopic (exact) mass is 174 g/mol. The summed E-state index contributed by atoms with van der Waals surface area (Å²) in [6.07, 6.45) is 0. The molecular formula is C4H5F3O2S. The van der Waals surface area contributed by atoms with Crippen molar-refractivity contribution in [2.75, 3.05) is 12.9 Å². The molecule has 0 bridgehead atoms. The zero-order chi connectivity index (χ0) is 8.20. The zero-order valence-corrected chi connectivity index (χ0v) is 5.88. The number of thioether (sulfide) groups is 1. The van der Waals surface area contributed by atoms with Crippen molar-refractivity contribution in [3.63, 3.8) is 0 Å². The van der Waals surface area contributed by atoms with Crippen molar-refractivity contribution in [3.05, 3.63) is 0 Å². The number of hydrogen-bond acceptors (Lipinski definition) is 3. The third-order valence-corrected chi connectivity index (χ3v) is 1.29. The number of ether oxygens (including phenoxy) is 1. The van der Waals surface area contributed by atoms with Crippen LogP contribution >= 0.6 is 11.8 Å². The van der Waals surface area contributed by atoms with Gasteiger partial charge in [-0.05, 0) is 11.8 Å². The van der Waals surface area contributed by atoms with Crippen LogP contribution in [-0.4, -0.2) is 24.3 Å². The summed E-state index contributed by atoms with van der Waals surface area (Å²) >= 11 is -0.408. The molecule has 6 heteroatoms. The Hall–Kier alpha value is -0.390. The molecule has 0 unspecified atom stereocenters. The predicted molar refractivity (Wildman–Crippen MR) is 30.5 cm³/mol. The second kappa shape index (κ2) is 3.70. The maximum Gasteiger partial charge on any atom is 0.442 e. The Labute approximate surface area is 59.7 Å². The molecule has 0 spiro atoms. The van der Waals surface area contributed by atoms with Gasteiger partial charge in [0.15, 0.2) is 0 Å². The topological polar surface area (TPSA) is 26.3 Å². The molecule has 60 valence electrons. The summed E-state index contributed by atoms with van der Waals surface area (Å²) in [6, 6.07) is 0. The number of hydrogen-bond donors (Lipinski definition) is 0. The number of alkyl halides is 3. The molecule has 0 aliphatic heterocycles. The van der Waals surface area contributed by atoms with Gasteiger partial charge in [0, 0.05) is 0 Å². The van der Waals surface area contributed by atoms with Gasteiger partial charge in [0.2, 0.25) is 0 Å². The first-order chi connectivity index (χ1) is 4.45. The first-order valence-electron chi connectivity index (χ1n) is 2.23. The summed E-state index contributed by atoms with van der Waals surface area (Å²) < 4.78 is 37.9. The van der Waals surface area contributed by atoms with E-state index in [2.05, 4.69) is 4.74 Å². The number of halogens is 3. The highest BCUT2D eigenvalue weighted by molar-refractivity contribution is 8.00. The van der Waals surface area contributed by atoms with Crippen molar-refractivity contribution in [1.29, 1.82) is 0 Å². The van der Waals surface area contributed by atoms with Crippen molar-refractivity contribution < 1.29 is 22.7 Å². The second-order valence-electron chi connectivity index (χ2n) is 1.31. The molecule has 0 N–H and O–H groups in total. The van der Waals surface area contributed by atoms with Crippen molar-refractivity contribution >= 4 is 17.7 Å². The Morgan fingerprint density at radius 1 is 1.60 bits per heavy atom. The summed E-state index contributed by atoms with van der Waals surface area (Å²) in [5.74, 6) is -1.55. The first-order valence-corrected chi connectivity index (χ1v) is 3.22. The van der Waals surface area contributed by atoms with E-state index in [1.807, 2.05) is 0 Å². The van der Waals surface area contributed by atoms with Crippen LogP contribution in [0.5, 0.6) is 0 Å². The van der Waals surface area contributed by atoms with Crippen LogP contribution in [0.2, 0.25) is 0 Å². The van der Waals surface area contributed by atoms with Crippen LogP contribution < -0.4 is 0 Å². The SMILES string of the molecule is COC(=O)CSC(F)(F)F. The molecule has 0 heterocycles. The van der Waals surface area contributed by atoms with Gasteiger partial charge in [0.1, 0.15) is 0 Å². The van der Waals surface area contributed by atoms with Crippen molar-refractivity contribution in [1.82, 2.24) is 0 Å². The second-order valence-corrected chi connectivity index (χ2v) is 2.35. The highest BCUT2D eigenvalue weighted by Gasteiger charge is 2.29. The van der Waals surface area contributed by atoms with Crippen LogP contribution in [0.4, 0.5) is 13.2 Å². The minimum Gasteiger partial charge on any atom is -0.468 e. The van der Waals surface area contributed by atoms with Gasteiger partial charge in [0.25, 0.3) is 0 Å². The maximum atomic E-state index is 11.3. The Morgan fingerprint density at radius 3 is 2.40 bits per heavy atom. The van der Waals surface area contributed by atoms with Crippen molar-refractivity contribution in [2.45, 2.75) is 5.51 Å². The highest BCUT2D eigenvalue weighted by atomic mass is 32.2. The van der Waals surface area contributed by atoms with Gasteiger partial charge in [0.05, 0.1) is 12.9 Å². The molecule has 0 aromatic rings. The summed E-state index contributed by atoms with van der Waals surface area (Å²) in [5, 5.41) is 0. The molecule has 0 fully saturated rings. The number of carbonyl (C=O) groups is 1. The van der Waals surface area contributed by atoms with Crippen molar-refractivity contribution in [2.24, 2.45) is 0 Å². The predicted octanol–water partition coefficient (Wildman–Crippen LogP) is 1.41. The van der Waals surface area contributed by atoms with Crippen LogP contribution in [0, 0.1) is 0 Å². The minimum absolute atomic E-state index is 0.408. The zero-order valence-electron chi connectivity index (χ0n) is 5.07. The number of rotatable bonds is 2. The quantitative estimate of drug-likeness (QED) is 0.592. The smallest absolute Gasteiger partial charge is 0.442 e. The van der Waals surface area contributed by atoms with Crippen LogP contribution in [0.1, 0.15) is 0 Å². The van der Waals surface area contributed by atoms with E-state index in [4.69, 9.17) is 0 Å². The lowest BCUT2D eigenvalue weighted by atomic mass is 10.8. The van der Waals surface area contributed by atoms with E-state index in [9.17, 15) is 18.0 Å². The standard InChI is InChI=1S/C4H5F3O2S/c1-9-3(8)2-10-4(5,6)7/h2H2,1H3. The van der Waals surface area contributed by atoms with E-state index in [1.54, 1.807) is 0 Å². The Bertz CT molecular complexity index is 122. The van der Waals surface area contributed by atoms with Crippen LogP contribution in [0.25, 0.3) is 0 Å². The third kappa shape index (κ3) is 5.74. The maximum absolute atomic E-state index is 11.3. The fourth-order valence-electron chi connectivity index (χ4n) is 0.200. The van der Waals surface area contributed by atoms with E-state index in [-0.39, 0.29) is 0 Å². The van der Waals surface area contributed by atoms with E-state index in [0.29, 0.717) is 0 Å². The lowest BCUT2D eigenvalue weighted by Gasteiger charge is -2.02. The number of methoxy groups -OCH3 is 1. The normalized spacial score (nSPS) is 11.2. The third-order valence-electron chi connectivity index (χ3n) is 0.581. The molecule has 0 saturated heterocycles. The van der Waals surface area contributed by atoms with E-state index in [0.717, 1.165) is 7.11 Å². The molecule has 0 radical (unpaired) electrons. The van der Waals surface area contributed by atoms with Gasteiger partial charge < -0.3 is 4.74 Å². The molecule has 10 heavy (non-hydrogen) atoms. The fourth-order valence-corrected chi connectivity index (χ4v) is 0.599. The van der Waals surface area contributed by atoms with Gasteiger partial charge >= 0.3 is 11.5 Å². The average molecular weight is 174 g/mol. The van der Waals surface area contributed by atoms with Gasteiger partial charge in [-0.1, -0.05) is 0 Å². The molecule has 0 aliphatic carbocycles. The number of esters is 1. The average Bonchev–Trinajstić information content (AvgIpc) is 1.81. The van der Waals surface area contributed by atoms with Gasteiger partial charge in [-0.15, -0.1) is 0 Å². The molecular weight excluding hydrogens is 169 g/mol. The molecule has 0 aromatic heterocycles.